The summed E-state index contributed by atoms with van der Waals surface area (Å²) in [5.41, 5.74) is 0.571. The number of benzene rings is 1. The monoisotopic (exact) mass is 381 g/mol. The van der Waals surface area contributed by atoms with E-state index in [-0.39, 0.29) is 11.9 Å². The van der Waals surface area contributed by atoms with Gasteiger partial charge in [-0.1, -0.05) is 15.9 Å². The Morgan fingerprint density at radius 3 is 2.65 bits per heavy atom. The van der Waals surface area contributed by atoms with Gasteiger partial charge >= 0.3 is 0 Å². The molecule has 17 heavy (non-hydrogen) atoms. The molecule has 0 radical (unpaired) electrons. The second-order valence-corrected chi connectivity index (χ2v) is 6.99. The molecule has 0 aliphatic rings. The lowest BCUT2D eigenvalue weighted by Crippen LogP contribution is -2.36. The average Bonchev–Trinajstić information content (AvgIpc) is 2.15. The molecule has 0 saturated carbocycles. The molecule has 1 aromatic rings. The Labute approximate surface area is 120 Å². The molecule has 1 aromatic carbocycles. The van der Waals surface area contributed by atoms with Crippen LogP contribution in [-0.4, -0.2) is 28.2 Å². The zero-order chi connectivity index (χ0) is 13.0. The van der Waals surface area contributed by atoms with Gasteiger partial charge in [0.2, 0.25) is 0 Å². The molecule has 0 fully saturated rings. The van der Waals surface area contributed by atoms with Gasteiger partial charge in [-0.25, -0.2) is 0 Å². The SMILES string of the molecule is CC(CS(C)=O)NC(=O)c1ccc(Br)cc1Br. The number of hydrogen-bond donors (Lipinski definition) is 1. The van der Waals surface area contributed by atoms with E-state index < -0.39 is 10.8 Å². The van der Waals surface area contributed by atoms with Crippen LogP contribution < -0.4 is 5.32 Å². The van der Waals surface area contributed by atoms with Gasteiger partial charge in [0.25, 0.3) is 5.91 Å². The summed E-state index contributed by atoms with van der Waals surface area (Å²) >= 11 is 6.66. The van der Waals surface area contributed by atoms with E-state index in [1.807, 2.05) is 19.1 Å². The number of hydrogen-bond acceptors (Lipinski definition) is 2. The van der Waals surface area contributed by atoms with E-state index in [2.05, 4.69) is 37.2 Å². The van der Waals surface area contributed by atoms with Gasteiger partial charge in [0, 0.05) is 37.8 Å². The molecular formula is C11H13Br2NO2S. The van der Waals surface area contributed by atoms with Crippen molar-refractivity contribution < 1.29 is 9.00 Å². The Morgan fingerprint density at radius 1 is 1.47 bits per heavy atom. The number of halogens is 2. The molecule has 1 N–H and O–H groups in total. The van der Waals surface area contributed by atoms with Crippen LogP contribution in [0, 0.1) is 0 Å². The minimum absolute atomic E-state index is 0.108. The molecular weight excluding hydrogens is 370 g/mol. The molecule has 0 aliphatic carbocycles. The first-order valence-electron chi connectivity index (χ1n) is 4.96. The van der Waals surface area contributed by atoms with Gasteiger partial charge in [-0.15, -0.1) is 0 Å². The highest BCUT2D eigenvalue weighted by Crippen LogP contribution is 2.21. The Hall–Kier alpha value is -0.200. The first kappa shape index (κ1) is 14.9. The molecule has 0 bridgehead atoms. The van der Waals surface area contributed by atoms with Gasteiger partial charge in [-0.2, -0.15) is 0 Å². The number of nitrogens with one attached hydrogen (secondary N) is 1. The molecule has 2 unspecified atom stereocenters. The second kappa shape index (κ2) is 6.66. The van der Waals surface area contributed by atoms with E-state index in [4.69, 9.17) is 0 Å². The van der Waals surface area contributed by atoms with Crippen LogP contribution in [0.1, 0.15) is 17.3 Å². The summed E-state index contributed by atoms with van der Waals surface area (Å²) in [5.74, 6) is 0.294. The minimum atomic E-state index is -0.911. The fourth-order valence-corrected chi connectivity index (χ4v) is 3.38. The molecule has 94 valence electrons. The molecule has 0 spiro atoms. The first-order chi connectivity index (χ1) is 7.90. The summed E-state index contributed by atoms with van der Waals surface area (Å²) in [5, 5.41) is 2.81. The molecule has 6 heteroatoms. The Bertz CT molecular complexity index is 451. The molecule has 2 atom stereocenters. The Morgan fingerprint density at radius 2 is 2.12 bits per heavy atom. The van der Waals surface area contributed by atoms with Crippen molar-refractivity contribution >= 4 is 48.6 Å². The number of rotatable bonds is 4. The fourth-order valence-electron chi connectivity index (χ4n) is 1.37. The lowest BCUT2D eigenvalue weighted by molar-refractivity contribution is 0.0943. The van der Waals surface area contributed by atoms with Crippen LogP contribution in [0.4, 0.5) is 0 Å². The first-order valence-corrected chi connectivity index (χ1v) is 8.27. The van der Waals surface area contributed by atoms with Crippen molar-refractivity contribution in [3.05, 3.63) is 32.7 Å². The summed E-state index contributed by atoms with van der Waals surface area (Å²) in [6.45, 7) is 1.84. The summed E-state index contributed by atoms with van der Waals surface area (Å²) in [4.78, 5) is 11.9. The zero-order valence-corrected chi connectivity index (χ0v) is 13.5. The summed E-state index contributed by atoms with van der Waals surface area (Å²) < 4.78 is 12.7. The molecule has 1 rings (SSSR count). The minimum Gasteiger partial charge on any atom is -0.349 e. The van der Waals surface area contributed by atoms with Crippen LogP contribution in [0.2, 0.25) is 0 Å². The summed E-state index contributed by atoms with van der Waals surface area (Å²) in [6.07, 6.45) is 1.62. The number of amides is 1. The second-order valence-electron chi connectivity index (χ2n) is 3.74. The van der Waals surface area contributed by atoms with Crippen LogP contribution in [0.15, 0.2) is 27.1 Å². The van der Waals surface area contributed by atoms with Crippen LogP contribution >= 0.6 is 31.9 Å². The molecule has 1 amide bonds. The van der Waals surface area contributed by atoms with Gasteiger partial charge in [-0.3, -0.25) is 9.00 Å². The van der Waals surface area contributed by atoms with Crippen LogP contribution in [-0.2, 0) is 10.8 Å². The quantitative estimate of drug-likeness (QED) is 0.870. The largest absolute Gasteiger partial charge is 0.349 e. The molecule has 0 aromatic heterocycles. The Kier molecular flexibility index (Phi) is 5.82. The lowest BCUT2D eigenvalue weighted by atomic mass is 10.2. The predicted octanol–water partition coefficient (Wildman–Crippen LogP) is 2.71. The molecule has 3 nitrogen and oxygen atoms in total. The highest BCUT2D eigenvalue weighted by Gasteiger charge is 2.13. The molecule has 0 saturated heterocycles. The van der Waals surface area contributed by atoms with Gasteiger partial charge in [0.05, 0.1) is 5.56 Å². The van der Waals surface area contributed by atoms with Crippen molar-refractivity contribution in [2.24, 2.45) is 0 Å². The van der Waals surface area contributed by atoms with Crippen molar-refractivity contribution in [1.82, 2.24) is 5.32 Å². The van der Waals surface area contributed by atoms with Gasteiger partial charge in [-0.05, 0) is 41.1 Å². The van der Waals surface area contributed by atoms with E-state index in [9.17, 15) is 9.00 Å². The van der Waals surface area contributed by atoms with Crippen LogP contribution in [0.5, 0.6) is 0 Å². The normalized spacial score (nSPS) is 14.1. The predicted molar refractivity (Wildman–Crippen MR) is 77.7 cm³/mol. The van der Waals surface area contributed by atoms with Crippen molar-refractivity contribution in [3.8, 4) is 0 Å². The fraction of sp³-hybridized carbons (Fsp3) is 0.364. The third kappa shape index (κ3) is 4.89. The highest BCUT2D eigenvalue weighted by molar-refractivity contribution is 9.11. The van der Waals surface area contributed by atoms with Crippen molar-refractivity contribution in [1.29, 1.82) is 0 Å². The molecule has 0 aliphatic heterocycles. The van der Waals surface area contributed by atoms with Gasteiger partial charge in [0.15, 0.2) is 0 Å². The summed E-state index contributed by atoms with van der Waals surface area (Å²) in [6, 6.07) is 5.25. The maximum absolute atomic E-state index is 11.9. The maximum Gasteiger partial charge on any atom is 0.252 e. The van der Waals surface area contributed by atoms with Crippen LogP contribution in [0.3, 0.4) is 0 Å². The number of carbonyl (C=O) groups excluding carboxylic acids is 1. The average molecular weight is 383 g/mol. The summed E-state index contributed by atoms with van der Waals surface area (Å²) in [7, 11) is -0.911. The maximum atomic E-state index is 11.9. The van der Waals surface area contributed by atoms with E-state index in [1.54, 1.807) is 12.3 Å². The van der Waals surface area contributed by atoms with Gasteiger partial charge in [0.1, 0.15) is 0 Å². The van der Waals surface area contributed by atoms with E-state index >= 15 is 0 Å². The van der Waals surface area contributed by atoms with Crippen molar-refractivity contribution in [2.75, 3.05) is 12.0 Å². The topological polar surface area (TPSA) is 46.2 Å². The third-order valence-electron chi connectivity index (χ3n) is 2.04. The van der Waals surface area contributed by atoms with E-state index in [0.29, 0.717) is 11.3 Å². The standard InChI is InChI=1S/C11H13Br2NO2S/c1-7(6-17(2)16)14-11(15)9-4-3-8(12)5-10(9)13/h3-5,7H,6H2,1-2H3,(H,14,15). The van der Waals surface area contributed by atoms with E-state index in [0.717, 1.165) is 8.95 Å². The van der Waals surface area contributed by atoms with Gasteiger partial charge < -0.3 is 5.32 Å². The van der Waals surface area contributed by atoms with Crippen LogP contribution in [0.25, 0.3) is 0 Å². The Balaban J connectivity index is 2.73. The zero-order valence-electron chi connectivity index (χ0n) is 9.50. The van der Waals surface area contributed by atoms with E-state index in [1.165, 1.54) is 0 Å². The smallest absolute Gasteiger partial charge is 0.252 e. The van der Waals surface area contributed by atoms with Crippen molar-refractivity contribution in [3.63, 3.8) is 0 Å². The third-order valence-corrected chi connectivity index (χ3v) is 4.16. The number of carbonyl (C=O) groups is 1. The highest BCUT2D eigenvalue weighted by atomic mass is 79.9. The molecule has 0 heterocycles. The van der Waals surface area contributed by atoms with Crippen molar-refractivity contribution in [2.45, 2.75) is 13.0 Å². The lowest BCUT2D eigenvalue weighted by Gasteiger charge is -2.13.